The molecule has 78 valence electrons. The first kappa shape index (κ1) is 9.79. The molecule has 0 amide bonds. The monoisotopic (exact) mass is 204 g/mol. The van der Waals surface area contributed by atoms with E-state index in [9.17, 15) is 0 Å². The molecule has 0 bridgehead atoms. The topological polar surface area (TPSA) is 63.8 Å². The molecule has 2 aromatic heterocycles. The zero-order valence-corrected chi connectivity index (χ0v) is 8.46. The van der Waals surface area contributed by atoms with Gasteiger partial charge in [0.1, 0.15) is 5.82 Å². The van der Waals surface area contributed by atoms with E-state index in [1.165, 1.54) is 0 Å². The number of aryl methyl sites for hydroxylation is 1. The van der Waals surface area contributed by atoms with Crippen LogP contribution < -0.4 is 0 Å². The number of hydrogen-bond donors (Lipinski definition) is 1. The molecule has 2 rings (SSSR count). The Bertz CT molecular complexity index is 452. The Hall–Kier alpha value is -1.75. The van der Waals surface area contributed by atoms with E-state index in [1.807, 2.05) is 17.7 Å². The van der Waals surface area contributed by atoms with E-state index in [4.69, 9.17) is 5.11 Å². The molecule has 2 aromatic rings. The maximum Gasteiger partial charge on any atom is 0.157 e. The van der Waals surface area contributed by atoms with E-state index in [0.717, 1.165) is 12.2 Å². The zero-order chi connectivity index (χ0) is 10.7. The second kappa shape index (κ2) is 4.18. The van der Waals surface area contributed by atoms with Crippen molar-refractivity contribution in [2.45, 2.75) is 20.0 Å². The normalized spacial score (nSPS) is 10.5. The minimum absolute atomic E-state index is 0.100. The fourth-order valence-electron chi connectivity index (χ4n) is 1.39. The van der Waals surface area contributed by atoms with Gasteiger partial charge in [-0.1, -0.05) is 6.92 Å². The Morgan fingerprint density at radius 1 is 1.40 bits per heavy atom. The first-order valence-corrected chi connectivity index (χ1v) is 4.79. The van der Waals surface area contributed by atoms with Crippen molar-refractivity contribution < 1.29 is 5.11 Å². The molecule has 5 nitrogen and oxygen atoms in total. The molecule has 0 aliphatic rings. The summed E-state index contributed by atoms with van der Waals surface area (Å²) >= 11 is 0. The van der Waals surface area contributed by atoms with Gasteiger partial charge in [-0.25, -0.2) is 9.97 Å². The van der Waals surface area contributed by atoms with Crippen LogP contribution in [0.3, 0.4) is 0 Å². The van der Waals surface area contributed by atoms with E-state index < -0.39 is 0 Å². The van der Waals surface area contributed by atoms with Crippen molar-refractivity contribution in [2.75, 3.05) is 0 Å². The van der Waals surface area contributed by atoms with Gasteiger partial charge in [0.15, 0.2) is 5.82 Å². The van der Waals surface area contributed by atoms with Crippen LogP contribution >= 0.6 is 0 Å². The predicted octanol–water partition coefficient (Wildman–Crippen LogP) is 0.717. The van der Waals surface area contributed by atoms with Crippen LogP contribution in [0.25, 0.3) is 5.82 Å². The van der Waals surface area contributed by atoms with Crippen molar-refractivity contribution in [1.82, 2.24) is 19.5 Å². The lowest BCUT2D eigenvalue weighted by Crippen LogP contribution is -2.04. The number of imidazole rings is 1. The van der Waals surface area contributed by atoms with Gasteiger partial charge in [0, 0.05) is 18.8 Å². The first-order valence-electron chi connectivity index (χ1n) is 4.79. The molecule has 1 N–H and O–H groups in total. The molecule has 0 saturated heterocycles. The summed E-state index contributed by atoms with van der Waals surface area (Å²) < 4.78 is 1.87. The molecule has 0 aliphatic heterocycles. The average Bonchev–Trinajstić information content (AvgIpc) is 2.77. The smallest absolute Gasteiger partial charge is 0.157 e. The second-order valence-corrected chi connectivity index (χ2v) is 3.09. The predicted molar refractivity (Wildman–Crippen MR) is 54.5 cm³/mol. The zero-order valence-electron chi connectivity index (χ0n) is 8.46. The second-order valence-electron chi connectivity index (χ2n) is 3.09. The summed E-state index contributed by atoms with van der Waals surface area (Å²) in [6.45, 7) is 1.93. The lowest BCUT2D eigenvalue weighted by molar-refractivity contribution is 0.276. The molecule has 0 saturated carbocycles. The SMILES string of the molecule is CCc1nccn1-c1cncc(CO)n1. The summed E-state index contributed by atoms with van der Waals surface area (Å²) in [5.41, 5.74) is 0.559. The van der Waals surface area contributed by atoms with Crippen molar-refractivity contribution in [3.05, 3.63) is 36.3 Å². The molecule has 5 heteroatoms. The summed E-state index contributed by atoms with van der Waals surface area (Å²) in [6, 6.07) is 0. The van der Waals surface area contributed by atoms with Crippen LogP contribution in [0.4, 0.5) is 0 Å². The Balaban J connectivity index is 2.44. The molecule has 0 aromatic carbocycles. The first-order chi connectivity index (χ1) is 7.35. The molecule has 0 atom stereocenters. The highest BCUT2D eigenvalue weighted by atomic mass is 16.3. The molecule has 15 heavy (non-hydrogen) atoms. The lowest BCUT2D eigenvalue weighted by Gasteiger charge is -2.05. The van der Waals surface area contributed by atoms with Crippen LogP contribution in [0.15, 0.2) is 24.8 Å². The highest BCUT2D eigenvalue weighted by Crippen LogP contribution is 2.07. The molecule has 0 radical (unpaired) electrons. The van der Waals surface area contributed by atoms with Crippen molar-refractivity contribution in [3.8, 4) is 5.82 Å². The molecule has 0 fully saturated rings. The number of aliphatic hydroxyl groups excluding tert-OH is 1. The molecular formula is C10H12N4O. The highest BCUT2D eigenvalue weighted by molar-refractivity contribution is 5.22. The van der Waals surface area contributed by atoms with Crippen molar-refractivity contribution >= 4 is 0 Å². The van der Waals surface area contributed by atoms with Crippen LogP contribution in [0.5, 0.6) is 0 Å². The van der Waals surface area contributed by atoms with E-state index in [-0.39, 0.29) is 6.61 Å². The average molecular weight is 204 g/mol. The van der Waals surface area contributed by atoms with Crippen LogP contribution in [0.1, 0.15) is 18.4 Å². The van der Waals surface area contributed by atoms with Crippen molar-refractivity contribution in [1.29, 1.82) is 0 Å². The fraction of sp³-hybridized carbons (Fsp3) is 0.300. The number of rotatable bonds is 3. The maximum atomic E-state index is 8.96. The van der Waals surface area contributed by atoms with Gasteiger partial charge in [0.2, 0.25) is 0 Å². The third-order valence-corrected chi connectivity index (χ3v) is 2.11. The number of aromatic nitrogens is 4. The number of hydrogen-bond acceptors (Lipinski definition) is 4. The van der Waals surface area contributed by atoms with Crippen LogP contribution in [-0.4, -0.2) is 24.6 Å². The van der Waals surface area contributed by atoms with Gasteiger partial charge in [-0.3, -0.25) is 9.55 Å². The Morgan fingerprint density at radius 2 is 2.27 bits per heavy atom. The van der Waals surface area contributed by atoms with Crippen molar-refractivity contribution in [2.24, 2.45) is 0 Å². The summed E-state index contributed by atoms with van der Waals surface area (Å²) in [5, 5.41) is 8.96. The Morgan fingerprint density at radius 3 is 3.00 bits per heavy atom. The fourth-order valence-corrected chi connectivity index (χ4v) is 1.39. The molecule has 0 unspecified atom stereocenters. The Labute approximate surface area is 87.5 Å². The summed E-state index contributed by atoms with van der Waals surface area (Å²) in [4.78, 5) is 12.5. The van der Waals surface area contributed by atoms with Crippen molar-refractivity contribution in [3.63, 3.8) is 0 Å². The van der Waals surface area contributed by atoms with Gasteiger partial charge in [-0.05, 0) is 0 Å². The number of aliphatic hydroxyl groups is 1. The molecule has 2 heterocycles. The van der Waals surface area contributed by atoms with Gasteiger partial charge in [-0.2, -0.15) is 0 Å². The van der Waals surface area contributed by atoms with Crippen LogP contribution in [0.2, 0.25) is 0 Å². The molecule has 0 aliphatic carbocycles. The standard InChI is InChI=1S/C10H12N4O/c1-2-9-12-3-4-14(9)10-6-11-5-8(7-15)13-10/h3-6,15H,2,7H2,1H3. The van der Waals surface area contributed by atoms with Gasteiger partial charge in [0.05, 0.1) is 24.7 Å². The molecule has 0 spiro atoms. The van der Waals surface area contributed by atoms with Gasteiger partial charge in [0.25, 0.3) is 0 Å². The third kappa shape index (κ3) is 1.87. The summed E-state index contributed by atoms with van der Waals surface area (Å²) in [5.74, 6) is 1.62. The minimum Gasteiger partial charge on any atom is -0.390 e. The quantitative estimate of drug-likeness (QED) is 0.800. The van der Waals surface area contributed by atoms with Gasteiger partial charge in [-0.15, -0.1) is 0 Å². The lowest BCUT2D eigenvalue weighted by atomic mass is 10.4. The van der Waals surface area contributed by atoms with E-state index in [1.54, 1.807) is 18.6 Å². The van der Waals surface area contributed by atoms with Crippen LogP contribution in [-0.2, 0) is 13.0 Å². The largest absolute Gasteiger partial charge is 0.390 e. The molecular weight excluding hydrogens is 192 g/mol. The van der Waals surface area contributed by atoms with Crippen LogP contribution in [0, 0.1) is 0 Å². The third-order valence-electron chi connectivity index (χ3n) is 2.11. The van der Waals surface area contributed by atoms with Gasteiger partial charge < -0.3 is 5.11 Å². The highest BCUT2D eigenvalue weighted by Gasteiger charge is 2.04. The summed E-state index contributed by atoms with van der Waals surface area (Å²) in [7, 11) is 0. The minimum atomic E-state index is -0.100. The Kier molecular flexibility index (Phi) is 2.73. The number of nitrogens with zero attached hydrogens (tertiary/aromatic N) is 4. The van der Waals surface area contributed by atoms with Gasteiger partial charge >= 0.3 is 0 Å². The van der Waals surface area contributed by atoms with E-state index >= 15 is 0 Å². The van der Waals surface area contributed by atoms with E-state index in [0.29, 0.717) is 11.5 Å². The van der Waals surface area contributed by atoms with E-state index in [2.05, 4.69) is 15.0 Å². The summed E-state index contributed by atoms with van der Waals surface area (Å²) in [6.07, 6.45) is 7.60. The maximum absolute atomic E-state index is 8.96.